The molecule has 4 heterocycles. The summed E-state index contributed by atoms with van der Waals surface area (Å²) in [5.74, 6) is 0.206. The van der Waals surface area contributed by atoms with Crippen LogP contribution in [0, 0.1) is 0 Å². The van der Waals surface area contributed by atoms with Crippen molar-refractivity contribution in [1.82, 2.24) is 24.8 Å². The topological polar surface area (TPSA) is 179 Å². The molecule has 0 saturated carbocycles. The Labute approximate surface area is 210 Å². The summed E-state index contributed by atoms with van der Waals surface area (Å²) in [5.41, 5.74) is 1.63. The highest BCUT2D eigenvalue weighted by molar-refractivity contribution is 7.46. The first-order chi connectivity index (χ1) is 17.8. The molecule has 2 aliphatic rings. The molecule has 15 heteroatoms. The number of phosphoric ester groups is 1. The number of fused-ring (bicyclic) bond motifs is 2. The Kier molecular flexibility index (Phi) is 7.31. The van der Waals surface area contributed by atoms with Crippen LogP contribution >= 0.6 is 7.82 Å². The van der Waals surface area contributed by atoms with Gasteiger partial charge in [-0.05, 0) is 18.6 Å². The molecule has 2 fully saturated rings. The van der Waals surface area contributed by atoms with E-state index in [0.29, 0.717) is 17.7 Å². The molecule has 37 heavy (non-hydrogen) atoms. The Hall–Kier alpha value is -3.23. The highest BCUT2D eigenvalue weighted by Gasteiger charge is 2.53. The van der Waals surface area contributed by atoms with Crippen LogP contribution in [0.5, 0.6) is 0 Å². The molecular formula is C22H25N6O8P. The lowest BCUT2D eigenvalue weighted by atomic mass is 10.1. The summed E-state index contributed by atoms with van der Waals surface area (Å²) >= 11 is 0. The van der Waals surface area contributed by atoms with Gasteiger partial charge in [-0.15, -0.1) is 0 Å². The van der Waals surface area contributed by atoms with E-state index in [1.54, 1.807) is 17.6 Å². The first-order valence-corrected chi connectivity index (χ1v) is 13.0. The lowest BCUT2D eigenvalue weighted by Gasteiger charge is -2.20. The first kappa shape index (κ1) is 25.4. The molecule has 0 radical (unpaired) electrons. The summed E-state index contributed by atoms with van der Waals surface area (Å²) in [6.07, 6.45) is 2.55. The molecule has 5 atom stereocenters. The average molecular weight is 532 g/mol. The molecule has 2 aromatic heterocycles. The van der Waals surface area contributed by atoms with E-state index in [2.05, 4.69) is 25.6 Å². The molecule has 2 saturated heterocycles. The molecule has 4 N–H and O–H groups in total. The number of aromatic nitrogens is 4. The van der Waals surface area contributed by atoms with Crippen molar-refractivity contribution < 1.29 is 37.9 Å². The third-order valence-corrected chi connectivity index (χ3v) is 6.21. The van der Waals surface area contributed by atoms with Gasteiger partial charge in [-0.25, -0.2) is 24.3 Å². The van der Waals surface area contributed by atoms with E-state index >= 15 is 0 Å². The monoisotopic (exact) mass is 532 g/mol. The van der Waals surface area contributed by atoms with Gasteiger partial charge in [0.2, 0.25) is 0 Å². The lowest BCUT2D eigenvalue weighted by molar-refractivity contribution is -0.132. The summed E-state index contributed by atoms with van der Waals surface area (Å²) in [6, 6.07) is 9.14. The molecule has 2 amide bonds. The van der Waals surface area contributed by atoms with Crippen molar-refractivity contribution >= 4 is 36.9 Å². The minimum atomic E-state index is -4.74. The number of urea groups is 1. The maximum Gasteiger partial charge on any atom is 0.469 e. The van der Waals surface area contributed by atoms with Crippen LogP contribution in [0.4, 0.5) is 10.6 Å². The second-order valence-corrected chi connectivity index (χ2v) is 9.46. The smallest absolute Gasteiger partial charge is 0.347 e. The van der Waals surface area contributed by atoms with Crippen molar-refractivity contribution in [2.24, 2.45) is 0 Å². The maximum absolute atomic E-state index is 12.0. The summed E-state index contributed by atoms with van der Waals surface area (Å²) < 4.78 is 35.9. The number of carbonyl (C=O) groups is 1. The van der Waals surface area contributed by atoms with Crippen molar-refractivity contribution in [3.05, 3.63) is 54.6 Å². The number of anilines is 1. The molecule has 0 aliphatic carbocycles. The Morgan fingerprint density at radius 1 is 1.16 bits per heavy atom. The molecule has 3 aromatic rings. The van der Waals surface area contributed by atoms with Gasteiger partial charge in [-0.3, -0.25) is 14.4 Å². The zero-order valence-electron chi connectivity index (χ0n) is 19.6. The van der Waals surface area contributed by atoms with Crippen LogP contribution in [0.1, 0.15) is 18.7 Å². The predicted octanol–water partition coefficient (Wildman–Crippen LogP) is 1.80. The molecule has 196 valence electrons. The SMILES string of the molecule is CCNC(=O)Nc1ncnc2c1ncn2C1OC(COP(=O)(O)O)C2OC(C=Cc3ccccc3)OC21. The summed E-state index contributed by atoms with van der Waals surface area (Å²) in [7, 11) is -4.74. The lowest BCUT2D eigenvalue weighted by Crippen LogP contribution is -2.31. The van der Waals surface area contributed by atoms with E-state index < -0.39 is 51.3 Å². The van der Waals surface area contributed by atoms with E-state index in [1.807, 2.05) is 36.4 Å². The van der Waals surface area contributed by atoms with Crippen LogP contribution in [0.15, 0.2) is 49.1 Å². The van der Waals surface area contributed by atoms with Gasteiger partial charge in [0, 0.05) is 6.54 Å². The Balaban J connectivity index is 1.41. The van der Waals surface area contributed by atoms with Crippen molar-refractivity contribution in [3.63, 3.8) is 0 Å². The zero-order chi connectivity index (χ0) is 26.0. The van der Waals surface area contributed by atoms with Crippen LogP contribution in [-0.4, -0.2) is 73.1 Å². The minimum absolute atomic E-state index is 0.206. The van der Waals surface area contributed by atoms with Gasteiger partial charge in [0.1, 0.15) is 24.6 Å². The number of ether oxygens (including phenoxy) is 3. The fourth-order valence-corrected chi connectivity index (χ4v) is 4.52. The molecule has 0 bridgehead atoms. The van der Waals surface area contributed by atoms with Gasteiger partial charge in [0.25, 0.3) is 0 Å². The van der Waals surface area contributed by atoms with E-state index in [1.165, 1.54) is 12.7 Å². The Bertz CT molecular complexity index is 1330. The van der Waals surface area contributed by atoms with Crippen molar-refractivity contribution in [2.75, 3.05) is 18.5 Å². The van der Waals surface area contributed by atoms with Gasteiger partial charge in [0.05, 0.1) is 12.9 Å². The maximum atomic E-state index is 12.0. The Morgan fingerprint density at radius 3 is 2.70 bits per heavy atom. The van der Waals surface area contributed by atoms with Gasteiger partial charge < -0.3 is 29.3 Å². The quantitative estimate of drug-likeness (QED) is 0.311. The fourth-order valence-electron chi connectivity index (χ4n) is 4.17. The molecule has 5 unspecified atom stereocenters. The van der Waals surface area contributed by atoms with E-state index in [0.717, 1.165) is 5.56 Å². The second kappa shape index (κ2) is 10.6. The third kappa shape index (κ3) is 5.70. The number of imidazole rings is 1. The van der Waals surface area contributed by atoms with Crippen LogP contribution in [0.25, 0.3) is 17.2 Å². The molecule has 14 nitrogen and oxygen atoms in total. The van der Waals surface area contributed by atoms with Crippen LogP contribution in [0.3, 0.4) is 0 Å². The number of carbonyl (C=O) groups excluding carboxylic acids is 1. The largest absolute Gasteiger partial charge is 0.469 e. The average Bonchev–Trinajstić information content (AvgIpc) is 3.56. The molecule has 5 rings (SSSR count). The Morgan fingerprint density at radius 2 is 1.95 bits per heavy atom. The molecule has 0 spiro atoms. The number of benzene rings is 1. The van der Waals surface area contributed by atoms with E-state index in [4.69, 9.17) is 18.7 Å². The van der Waals surface area contributed by atoms with Gasteiger partial charge in [0.15, 0.2) is 29.5 Å². The highest BCUT2D eigenvalue weighted by atomic mass is 31.2. The molecule has 2 aliphatic heterocycles. The zero-order valence-corrected chi connectivity index (χ0v) is 20.5. The summed E-state index contributed by atoms with van der Waals surface area (Å²) in [5, 5.41) is 5.25. The van der Waals surface area contributed by atoms with E-state index in [9.17, 15) is 19.1 Å². The normalized spacial score (nSPS) is 25.5. The summed E-state index contributed by atoms with van der Waals surface area (Å²) in [6.45, 7) is 1.80. The fraction of sp³-hybridized carbons (Fsp3) is 0.364. The number of amides is 2. The second-order valence-electron chi connectivity index (χ2n) is 8.22. The summed E-state index contributed by atoms with van der Waals surface area (Å²) in [4.78, 5) is 43.1. The van der Waals surface area contributed by atoms with Crippen molar-refractivity contribution in [3.8, 4) is 0 Å². The number of nitrogens with zero attached hydrogens (tertiary/aromatic N) is 4. The van der Waals surface area contributed by atoms with Crippen molar-refractivity contribution in [2.45, 2.75) is 37.8 Å². The number of hydrogen-bond donors (Lipinski definition) is 4. The van der Waals surface area contributed by atoms with Gasteiger partial charge in [-0.1, -0.05) is 36.4 Å². The molecular weight excluding hydrogens is 507 g/mol. The highest BCUT2D eigenvalue weighted by Crippen LogP contribution is 2.43. The predicted molar refractivity (Wildman–Crippen MR) is 129 cm³/mol. The number of nitrogens with one attached hydrogen (secondary N) is 2. The van der Waals surface area contributed by atoms with E-state index in [-0.39, 0.29) is 5.82 Å². The van der Waals surface area contributed by atoms with Gasteiger partial charge in [-0.2, -0.15) is 0 Å². The van der Waals surface area contributed by atoms with Crippen LogP contribution < -0.4 is 10.6 Å². The standard InChI is InChI=1S/C22H25N6O8P/c1-2-23-22(29)27-19-16-20(25-11-24-19)28(12-26-16)21-18-17(14(34-21)10-33-37(30,31)32)35-15(36-18)9-8-13-6-4-3-5-7-13/h3-9,11-12,14-15,17-18,21H,2,10H2,1H3,(H2,30,31,32)(H2,23,24,25,27,29). The number of rotatable bonds is 8. The number of phosphoric acid groups is 1. The number of hydrogen-bond acceptors (Lipinski definition) is 9. The van der Waals surface area contributed by atoms with Crippen LogP contribution in [0.2, 0.25) is 0 Å². The van der Waals surface area contributed by atoms with Crippen molar-refractivity contribution in [1.29, 1.82) is 0 Å². The van der Waals surface area contributed by atoms with Crippen LogP contribution in [-0.2, 0) is 23.3 Å². The van der Waals surface area contributed by atoms with Gasteiger partial charge >= 0.3 is 13.9 Å². The first-order valence-electron chi connectivity index (χ1n) is 11.4. The third-order valence-electron chi connectivity index (χ3n) is 5.72. The molecule has 1 aromatic carbocycles. The minimum Gasteiger partial charge on any atom is -0.347 e.